The van der Waals surface area contributed by atoms with Gasteiger partial charge in [0.2, 0.25) is 0 Å². The Morgan fingerprint density at radius 1 is 1.44 bits per heavy atom. The van der Waals surface area contributed by atoms with Gasteiger partial charge in [-0.2, -0.15) is 5.10 Å². The molecule has 0 aromatic carbocycles. The molecule has 1 N–H and O–H groups in total. The van der Waals surface area contributed by atoms with E-state index in [1.165, 1.54) is 5.56 Å². The molecule has 0 bridgehead atoms. The SMILES string of the molecule is CCCn1cc(CCC(O)C(C)(C)C)cn1. The lowest BCUT2D eigenvalue weighted by atomic mass is 9.86. The normalized spacial score (nSPS) is 14.1. The molecular formula is C13H24N2O. The number of aliphatic hydroxyl groups excluding tert-OH is 1. The molecule has 1 heterocycles. The first kappa shape index (κ1) is 13.2. The molecule has 0 amide bonds. The molecule has 3 nitrogen and oxygen atoms in total. The van der Waals surface area contributed by atoms with E-state index in [1.54, 1.807) is 0 Å². The quantitative estimate of drug-likeness (QED) is 0.835. The summed E-state index contributed by atoms with van der Waals surface area (Å²) in [7, 11) is 0. The molecule has 0 aliphatic heterocycles. The fourth-order valence-electron chi connectivity index (χ4n) is 1.62. The second kappa shape index (κ2) is 5.48. The smallest absolute Gasteiger partial charge is 0.0591 e. The van der Waals surface area contributed by atoms with Crippen LogP contribution in [-0.2, 0) is 13.0 Å². The van der Waals surface area contributed by atoms with Crippen LogP contribution in [0.5, 0.6) is 0 Å². The van der Waals surface area contributed by atoms with Gasteiger partial charge in [0.15, 0.2) is 0 Å². The van der Waals surface area contributed by atoms with Crippen molar-refractivity contribution in [1.29, 1.82) is 0 Å². The Bertz CT molecular complexity index is 312. The van der Waals surface area contributed by atoms with Gasteiger partial charge in [0.25, 0.3) is 0 Å². The predicted molar refractivity (Wildman–Crippen MR) is 66.3 cm³/mol. The average Bonchev–Trinajstić information content (AvgIpc) is 2.61. The lowest BCUT2D eigenvalue weighted by molar-refractivity contribution is 0.0560. The first-order valence-electron chi connectivity index (χ1n) is 6.13. The summed E-state index contributed by atoms with van der Waals surface area (Å²) in [4.78, 5) is 0. The highest BCUT2D eigenvalue weighted by Crippen LogP contribution is 2.22. The summed E-state index contributed by atoms with van der Waals surface area (Å²) in [5, 5.41) is 14.2. The molecule has 0 saturated carbocycles. The summed E-state index contributed by atoms with van der Waals surface area (Å²) < 4.78 is 1.97. The number of aliphatic hydroxyl groups is 1. The second-order valence-electron chi connectivity index (χ2n) is 5.53. The highest BCUT2D eigenvalue weighted by molar-refractivity contribution is 5.04. The van der Waals surface area contributed by atoms with Gasteiger partial charge >= 0.3 is 0 Å². The Morgan fingerprint density at radius 2 is 2.12 bits per heavy atom. The van der Waals surface area contributed by atoms with Crippen molar-refractivity contribution < 1.29 is 5.11 Å². The Labute approximate surface area is 98.5 Å². The standard InChI is InChI=1S/C13H24N2O/c1-5-8-15-10-11(9-14-15)6-7-12(16)13(2,3)4/h9-10,12,16H,5-8H2,1-4H3. The fourth-order valence-corrected chi connectivity index (χ4v) is 1.62. The van der Waals surface area contributed by atoms with Crippen molar-refractivity contribution in [3.63, 3.8) is 0 Å². The van der Waals surface area contributed by atoms with Crippen LogP contribution in [0, 0.1) is 5.41 Å². The molecule has 1 aromatic heterocycles. The van der Waals surface area contributed by atoms with Gasteiger partial charge in [-0.15, -0.1) is 0 Å². The van der Waals surface area contributed by atoms with E-state index in [4.69, 9.17) is 0 Å². The fraction of sp³-hybridized carbons (Fsp3) is 0.769. The van der Waals surface area contributed by atoms with E-state index in [0.29, 0.717) is 0 Å². The van der Waals surface area contributed by atoms with Crippen molar-refractivity contribution in [3.05, 3.63) is 18.0 Å². The van der Waals surface area contributed by atoms with Crippen molar-refractivity contribution in [1.82, 2.24) is 9.78 Å². The van der Waals surface area contributed by atoms with Crippen molar-refractivity contribution >= 4 is 0 Å². The van der Waals surface area contributed by atoms with Gasteiger partial charge in [-0.3, -0.25) is 4.68 Å². The van der Waals surface area contributed by atoms with Gasteiger partial charge in [0.05, 0.1) is 12.3 Å². The first-order chi connectivity index (χ1) is 7.43. The molecule has 16 heavy (non-hydrogen) atoms. The molecular weight excluding hydrogens is 200 g/mol. The van der Waals surface area contributed by atoms with E-state index < -0.39 is 0 Å². The van der Waals surface area contributed by atoms with Crippen LogP contribution in [0.25, 0.3) is 0 Å². The van der Waals surface area contributed by atoms with Crippen LogP contribution in [0.3, 0.4) is 0 Å². The van der Waals surface area contributed by atoms with Gasteiger partial charge in [0, 0.05) is 12.7 Å². The third-order valence-corrected chi connectivity index (χ3v) is 2.85. The molecule has 0 aliphatic carbocycles. The predicted octanol–water partition coefficient (Wildman–Crippen LogP) is 2.63. The van der Waals surface area contributed by atoms with Gasteiger partial charge < -0.3 is 5.11 Å². The van der Waals surface area contributed by atoms with E-state index in [0.717, 1.165) is 25.8 Å². The summed E-state index contributed by atoms with van der Waals surface area (Å²) in [6.07, 6.45) is 6.56. The molecule has 1 aromatic rings. The Kier molecular flexibility index (Phi) is 4.54. The minimum atomic E-state index is -0.248. The summed E-state index contributed by atoms with van der Waals surface area (Å²) in [6, 6.07) is 0. The van der Waals surface area contributed by atoms with Crippen molar-refractivity contribution in [2.75, 3.05) is 0 Å². The van der Waals surface area contributed by atoms with Crippen molar-refractivity contribution in [2.24, 2.45) is 5.41 Å². The molecule has 0 radical (unpaired) electrons. The molecule has 0 aliphatic rings. The van der Waals surface area contributed by atoms with Crippen LogP contribution < -0.4 is 0 Å². The minimum Gasteiger partial charge on any atom is -0.393 e. The lowest BCUT2D eigenvalue weighted by Crippen LogP contribution is -2.26. The zero-order chi connectivity index (χ0) is 12.2. The van der Waals surface area contributed by atoms with Gasteiger partial charge in [-0.05, 0) is 30.2 Å². The summed E-state index contributed by atoms with van der Waals surface area (Å²) in [6.45, 7) is 9.32. The Balaban J connectivity index is 2.42. The van der Waals surface area contributed by atoms with Crippen LogP contribution in [-0.4, -0.2) is 21.0 Å². The Morgan fingerprint density at radius 3 is 2.69 bits per heavy atom. The molecule has 0 spiro atoms. The molecule has 1 rings (SSSR count). The van der Waals surface area contributed by atoms with Crippen LogP contribution in [0.1, 0.15) is 46.1 Å². The number of hydrogen-bond donors (Lipinski definition) is 1. The third-order valence-electron chi connectivity index (χ3n) is 2.85. The maximum absolute atomic E-state index is 9.93. The minimum absolute atomic E-state index is 0.0284. The summed E-state index contributed by atoms with van der Waals surface area (Å²) >= 11 is 0. The number of aryl methyl sites for hydroxylation is 2. The van der Waals surface area contributed by atoms with Crippen LogP contribution in [0.15, 0.2) is 12.4 Å². The van der Waals surface area contributed by atoms with Gasteiger partial charge in [-0.1, -0.05) is 27.7 Å². The topological polar surface area (TPSA) is 38.0 Å². The molecule has 1 unspecified atom stereocenters. The van der Waals surface area contributed by atoms with E-state index in [9.17, 15) is 5.11 Å². The second-order valence-corrected chi connectivity index (χ2v) is 5.53. The van der Waals surface area contributed by atoms with E-state index >= 15 is 0 Å². The average molecular weight is 224 g/mol. The Hall–Kier alpha value is -0.830. The van der Waals surface area contributed by atoms with E-state index in [1.807, 2.05) is 10.9 Å². The zero-order valence-corrected chi connectivity index (χ0v) is 10.9. The van der Waals surface area contributed by atoms with E-state index in [-0.39, 0.29) is 11.5 Å². The van der Waals surface area contributed by atoms with Gasteiger partial charge in [0.1, 0.15) is 0 Å². The van der Waals surface area contributed by atoms with Crippen LogP contribution in [0.2, 0.25) is 0 Å². The lowest BCUT2D eigenvalue weighted by Gasteiger charge is -2.25. The monoisotopic (exact) mass is 224 g/mol. The molecule has 92 valence electrons. The highest BCUT2D eigenvalue weighted by Gasteiger charge is 2.21. The number of hydrogen-bond acceptors (Lipinski definition) is 2. The maximum atomic E-state index is 9.93. The molecule has 0 fully saturated rings. The third kappa shape index (κ3) is 3.97. The maximum Gasteiger partial charge on any atom is 0.0591 e. The van der Waals surface area contributed by atoms with Crippen molar-refractivity contribution in [3.8, 4) is 0 Å². The van der Waals surface area contributed by atoms with Crippen molar-refractivity contribution in [2.45, 2.75) is 59.6 Å². The van der Waals surface area contributed by atoms with Gasteiger partial charge in [-0.25, -0.2) is 0 Å². The largest absolute Gasteiger partial charge is 0.393 e. The molecule has 0 saturated heterocycles. The zero-order valence-electron chi connectivity index (χ0n) is 10.9. The summed E-state index contributed by atoms with van der Waals surface area (Å²) in [5.74, 6) is 0. The number of rotatable bonds is 5. The number of nitrogens with zero attached hydrogens (tertiary/aromatic N) is 2. The number of aromatic nitrogens is 2. The van der Waals surface area contributed by atoms with Crippen LogP contribution in [0.4, 0.5) is 0 Å². The molecule has 1 atom stereocenters. The summed E-state index contributed by atoms with van der Waals surface area (Å²) in [5.41, 5.74) is 1.19. The van der Waals surface area contributed by atoms with Crippen LogP contribution >= 0.6 is 0 Å². The highest BCUT2D eigenvalue weighted by atomic mass is 16.3. The first-order valence-corrected chi connectivity index (χ1v) is 6.13. The van der Waals surface area contributed by atoms with E-state index in [2.05, 4.69) is 39.0 Å². The molecule has 3 heteroatoms.